The number of halogens is 3. The van der Waals surface area contributed by atoms with E-state index in [0.29, 0.717) is 32.6 Å². The monoisotopic (exact) mass is 430 g/mol. The van der Waals surface area contributed by atoms with E-state index in [1.165, 1.54) is 12.1 Å². The average molecular weight is 432 g/mol. The van der Waals surface area contributed by atoms with Crippen molar-refractivity contribution in [2.24, 2.45) is 0 Å². The van der Waals surface area contributed by atoms with E-state index in [4.69, 9.17) is 9.47 Å². The summed E-state index contributed by atoms with van der Waals surface area (Å²) in [6, 6.07) is 7.67. The predicted octanol–water partition coefficient (Wildman–Crippen LogP) is 5.14. The molecule has 0 aromatic heterocycles. The SMILES string of the molecule is CCOc1cc(C=O)c(Br)c(Br)c1OCc1ccc(F)cc1. The van der Waals surface area contributed by atoms with Gasteiger partial charge in [0.05, 0.1) is 11.1 Å². The van der Waals surface area contributed by atoms with Crippen LogP contribution in [0.1, 0.15) is 22.8 Å². The van der Waals surface area contributed by atoms with E-state index >= 15 is 0 Å². The zero-order valence-electron chi connectivity index (χ0n) is 11.7. The van der Waals surface area contributed by atoms with Crippen molar-refractivity contribution < 1.29 is 18.7 Å². The Bertz CT molecular complexity index is 672. The van der Waals surface area contributed by atoms with Gasteiger partial charge in [-0.25, -0.2) is 4.39 Å². The van der Waals surface area contributed by atoms with Crippen LogP contribution in [0, 0.1) is 5.82 Å². The molecule has 116 valence electrons. The minimum absolute atomic E-state index is 0.256. The molecular weight excluding hydrogens is 419 g/mol. The van der Waals surface area contributed by atoms with Gasteiger partial charge in [-0.15, -0.1) is 0 Å². The number of hydrogen-bond donors (Lipinski definition) is 0. The first kappa shape index (κ1) is 17.0. The Morgan fingerprint density at radius 2 is 1.82 bits per heavy atom. The third-order valence-corrected chi connectivity index (χ3v) is 5.02. The fraction of sp³-hybridized carbons (Fsp3) is 0.188. The molecule has 0 atom stereocenters. The van der Waals surface area contributed by atoms with Gasteiger partial charge in [0.25, 0.3) is 0 Å². The normalized spacial score (nSPS) is 10.4. The van der Waals surface area contributed by atoms with Crippen molar-refractivity contribution in [1.29, 1.82) is 0 Å². The van der Waals surface area contributed by atoms with Crippen molar-refractivity contribution in [2.75, 3.05) is 6.61 Å². The molecule has 0 spiro atoms. The Kier molecular flexibility index (Phi) is 5.97. The molecule has 0 amide bonds. The second kappa shape index (κ2) is 7.74. The summed E-state index contributed by atoms with van der Waals surface area (Å²) in [5.74, 6) is 0.670. The van der Waals surface area contributed by atoms with E-state index in [-0.39, 0.29) is 12.4 Å². The van der Waals surface area contributed by atoms with Gasteiger partial charge in [0.2, 0.25) is 0 Å². The highest BCUT2D eigenvalue weighted by molar-refractivity contribution is 9.13. The maximum Gasteiger partial charge on any atom is 0.177 e. The number of hydrogen-bond acceptors (Lipinski definition) is 3. The summed E-state index contributed by atoms with van der Waals surface area (Å²) in [6.45, 7) is 2.55. The molecule has 0 fully saturated rings. The lowest BCUT2D eigenvalue weighted by atomic mass is 10.2. The third-order valence-electron chi connectivity index (χ3n) is 2.88. The van der Waals surface area contributed by atoms with Gasteiger partial charge in [-0.3, -0.25) is 4.79 Å². The van der Waals surface area contributed by atoms with Crippen molar-refractivity contribution in [3.63, 3.8) is 0 Å². The standard InChI is InChI=1S/C16H13Br2FO3/c1-2-21-13-7-11(8-20)14(17)15(18)16(13)22-9-10-3-5-12(19)6-4-10/h3-8H,2,9H2,1H3. The van der Waals surface area contributed by atoms with Gasteiger partial charge >= 0.3 is 0 Å². The van der Waals surface area contributed by atoms with Crippen LogP contribution in [0.25, 0.3) is 0 Å². The third kappa shape index (κ3) is 3.87. The molecule has 0 aliphatic rings. The fourth-order valence-corrected chi connectivity index (χ4v) is 2.75. The van der Waals surface area contributed by atoms with Crippen LogP contribution >= 0.6 is 31.9 Å². The van der Waals surface area contributed by atoms with Gasteiger partial charge in [0, 0.05) is 10.0 Å². The summed E-state index contributed by atoms with van der Waals surface area (Å²) in [5.41, 5.74) is 1.29. The van der Waals surface area contributed by atoms with E-state index in [2.05, 4.69) is 31.9 Å². The molecule has 0 saturated heterocycles. The average Bonchev–Trinajstić information content (AvgIpc) is 2.52. The highest BCUT2D eigenvalue weighted by Gasteiger charge is 2.17. The molecule has 6 heteroatoms. The summed E-state index contributed by atoms with van der Waals surface area (Å²) >= 11 is 6.76. The molecule has 2 rings (SSSR count). The van der Waals surface area contributed by atoms with Crippen LogP contribution in [-0.4, -0.2) is 12.9 Å². The molecule has 0 saturated carbocycles. The van der Waals surface area contributed by atoms with Crippen molar-refractivity contribution in [3.05, 3.63) is 56.2 Å². The summed E-state index contributed by atoms with van der Waals surface area (Å²) in [7, 11) is 0. The molecule has 0 aliphatic heterocycles. The number of carbonyl (C=O) groups excluding carboxylic acids is 1. The fourth-order valence-electron chi connectivity index (χ4n) is 1.82. The van der Waals surface area contributed by atoms with Crippen molar-refractivity contribution in [3.8, 4) is 11.5 Å². The smallest absolute Gasteiger partial charge is 0.177 e. The Morgan fingerprint density at radius 3 is 2.41 bits per heavy atom. The first-order valence-corrected chi connectivity index (χ1v) is 8.12. The van der Waals surface area contributed by atoms with E-state index in [1.54, 1.807) is 18.2 Å². The summed E-state index contributed by atoms with van der Waals surface area (Å²) in [5, 5.41) is 0. The molecule has 3 nitrogen and oxygen atoms in total. The quantitative estimate of drug-likeness (QED) is 0.594. The van der Waals surface area contributed by atoms with Gasteiger partial charge in [0.15, 0.2) is 17.8 Å². The molecule has 0 heterocycles. The van der Waals surface area contributed by atoms with Crippen LogP contribution in [0.4, 0.5) is 4.39 Å². The van der Waals surface area contributed by atoms with Gasteiger partial charge < -0.3 is 9.47 Å². The minimum Gasteiger partial charge on any atom is -0.490 e. The molecule has 0 unspecified atom stereocenters. The molecule has 0 aliphatic carbocycles. The maximum atomic E-state index is 12.9. The maximum absolute atomic E-state index is 12.9. The minimum atomic E-state index is -0.294. The van der Waals surface area contributed by atoms with Crippen molar-refractivity contribution in [1.82, 2.24) is 0 Å². The van der Waals surface area contributed by atoms with E-state index in [0.717, 1.165) is 11.8 Å². The molecule has 0 bridgehead atoms. The highest BCUT2D eigenvalue weighted by Crippen LogP contribution is 2.42. The van der Waals surface area contributed by atoms with Crippen LogP contribution in [0.2, 0.25) is 0 Å². The number of carbonyl (C=O) groups is 1. The second-order valence-corrected chi connectivity index (χ2v) is 5.97. The van der Waals surface area contributed by atoms with Crippen LogP contribution < -0.4 is 9.47 Å². The van der Waals surface area contributed by atoms with Crippen LogP contribution in [0.15, 0.2) is 39.3 Å². The van der Waals surface area contributed by atoms with Gasteiger partial charge in [-0.05, 0) is 62.5 Å². The summed E-state index contributed by atoms with van der Waals surface area (Å²) in [4.78, 5) is 11.1. The lowest BCUT2D eigenvalue weighted by Crippen LogP contribution is -2.02. The number of rotatable bonds is 6. The Hall–Kier alpha value is -1.40. The molecule has 2 aromatic rings. The summed E-state index contributed by atoms with van der Waals surface area (Å²) in [6.07, 6.45) is 0.737. The van der Waals surface area contributed by atoms with E-state index in [9.17, 15) is 9.18 Å². The lowest BCUT2D eigenvalue weighted by molar-refractivity contribution is 0.112. The molecular formula is C16H13Br2FO3. The van der Waals surface area contributed by atoms with Gasteiger partial charge in [-0.1, -0.05) is 12.1 Å². The molecule has 22 heavy (non-hydrogen) atoms. The van der Waals surface area contributed by atoms with Gasteiger partial charge in [-0.2, -0.15) is 0 Å². The zero-order chi connectivity index (χ0) is 16.1. The number of ether oxygens (including phenoxy) is 2. The first-order valence-electron chi connectivity index (χ1n) is 6.54. The van der Waals surface area contributed by atoms with Crippen LogP contribution in [0.5, 0.6) is 11.5 Å². The Balaban J connectivity index is 2.30. The predicted molar refractivity (Wildman–Crippen MR) is 89.1 cm³/mol. The van der Waals surface area contributed by atoms with Crippen molar-refractivity contribution >= 4 is 38.1 Å². The number of aldehydes is 1. The van der Waals surface area contributed by atoms with Crippen molar-refractivity contribution in [2.45, 2.75) is 13.5 Å². The van der Waals surface area contributed by atoms with Crippen LogP contribution in [-0.2, 0) is 6.61 Å². The molecule has 2 aromatic carbocycles. The molecule has 0 N–H and O–H groups in total. The summed E-state index contributed by atoms with van der Waals surface area (Å²) < 4.78 is 25.4. The second-order valence-electron chi connectivity index (χ2n) is 4.39. The lowest BCUT2D eigenvalue weighted by Gasteiger charge is -2.16. The topological polar surface area (TPSA) is 35.5 Å². The van der Waals surface area contributed by atoms with Gasteiger partial charge in [0.1, 0.15) is 12.4 Å². The zero-order valence-corrected chi connectivity index (χ0v) is 14.9. The van der Waals surface area contributed by atoms with E-state index in [1.807, 2.05) is 6.92 Å². The van der Waals surface area contributed by atoms with Crippen LogP contribution in [0.3, 0.4) is 0 Å². The Labute approximate surface area is 144 Å². The molecule has 0 radical (unpaired) electrons. The number of benzene rings is 2. The Morgan fingerprint density at radius 1 is 1.14 bits per heavy atom. The highest BCUT2D eigenvalue weighted by atomic mass is 79.9. The first-order chi connectivity index (χ1) is 10.6. The largest absolute Gasteiger partial charge is 0.490 e. The van der Waals surface area contributed by atoms with E-state index < -0.39 is 0 Å².